The van der Waals surface area contributed by atoms with Gasteiger partial charge in [0.15, 0.2) is 0 Å². The summed E-state index contributed by atoms with van der Waals surface area (Å²) >= 11 is -0.563. The van der Waals surface area contributed by atoms with Gasteiger partial charge in [-0.05, 0) is 0 Å². The minimum atomic E-state index is -0.563. The summed E-state index contributed by atoms with van der Waals surface area (Å²) in [6, 6.07) is 0. The van der Waals surface area contributed by atoms with Gasteiger partial charge in [0.2, 0.25) is 0 Å². The first kappa shape index (κ1) is 5.18. The first-order chi connectivity index (χ1) is 2.41. The molecule has 0 N–H and O–H groups in total. The van der Waals surface area contributed by atoms with E-state index in [0.29, 0.717) is 0 Å². The summed E-state index contributed by atoms with van der Waals surface area (Å²) in [5.41, 5.74) is 0. The predicted octanol–water partition coefficient (Wildman–Crippen LogP) is -2.88. The summed E-state index contributed by atoms with van der Waals surface area (Å²) in [4.78, 5) is 0. The Hall–Kier alpha value is 0.180. The molecule has 0 fully saturated rings. The molecule has 0 aliphatic carbocycles. The maximum atomic E-state index is 7.74. The normalized spacial score (nSPS) is 7.20. The van der Waals surface area contributed by atoms with Crippen molar-refractivity contribution >= 4 is 0 Å². The minimum absolute atomic E-state index is 0.563. The Labute approximate surface area is 41.5 Å². The summed E-state index contributed by atoms with van der Waals surface area (Å²) in [5, 5.41) is 7.74. The van der Waals surface area contributed by atoms with Crippen LogP contribution in [0.5, 0.6) is 0 Å². The molecule has 0 spiro atoms. The van der Waals surface area contributed by atoms with E-state index in [1.807, 2.05) is 4.08 Å². The van der Waals surface area contributed by atoms with E-state index in [1.165, 1.54) is 7.11 Å². The molecule has 0 aromatic rings. The molecule has 5 heavy (non-hydrogen) atoms. The van der Waals surface area contributed by atoms with Crippen LogP contribution in [0, 0.1) is 9.34 Å². The van der Waals surface area contributed by atoms with Gasteiger partial charge in [0.1, 0.15) is 0 Å². The fourth-order valence-corrected chi connectivity index (χ4v) is 0.231. The first-order valence-electron chi connectivity index (χ1n) is 0.975. The van der Waals surface area contributed by atoms with Crippen molar-refractivity contribution in [3.8, 4) is 4.08 Å². The van der Waals surface area contributed by atoms with Crippen molar-refractivity contribution in [1.82, 2.24) is 0 Å². The van der Waals surface area contributed by atoms with Crippen LogP contribution in [0.4, 0.5) is 0 Å². The molecule has 0 aliphatic heterocycles. The Kier molecular flexibility index (Phi) is 4.33. The van der Waals surface area contributed by atoms with Crippen LogP contribution in [0.25, 0.3) is 0 Å². The molecule has 0 unspecified atom stereocenters. The van der Waals surface area contributed by atoms with Crippen LogP contribution in [0.1, 0.15) is 0 Å². The second-order valence-electron chi connectivity index (χ2n) is 0.316. The van der Waals surface area contributed by atoms with Gasteiger partial charge >= 0.3 is 41.1 Å². The Morgan fingerprint density at radius 3 is 2.60 bits per heavy atom. The molecular weight excluding hydrogens is 181 g/mol. The van der Waals surface area contributed by atoms with E-state index in [-0.39, 0.29) is 0 Å². The molecule has 0 aromatic heterocycles. The van der Waals surface area contributed by atoms with Gasteiger partial charge in [-0.25, -0.2) is 0 Å². The van der Waals surface area contributed by atoms with Gasteiger partial charge < -0.3 is 0 Å². The number of hydrogen-bond acceptors (Lipinski definition) is 2. The van der Waals surface area contributed by atoms with Crippen LogP contribution < -0.4 is 21.6 Å². The molecule has 0 aliphatic rings. The van der Waals surface area contributed by atoms with E-state index in [4.69, 9.17) is 5.26 Å². The van der Waals surface area contributed by atoms with Crippen LogP contribution in [0.2, 0.25) is 0 Å². The van der Waals surface area contributed by atoms with Crippen molar-refractivity contribution in [3.05, 3.63) is 0 Å². The summed E-state index contributed by atoms with van der Waals surface area (Å²) in [5.74, 6) is 0. The molecule has 30 valence electrons. The molecular formula is C2H3INO-. The van der Waals surface area contributed by atoms with Crippen LogP contribution in [-0.4, -0.2) is 7.11 Å². The maximum absolute atomic E-state index is 7.74. The molecule has 0 aromatic carbocycles. The third kappa shape index (κ3) is 4.18. The zero-order valence-electron chi connectivity index (χ0n) is 2.73. The zero-order chi connectivity index (χ0) is 4.12. The van der Waals surface area contributed by atoms with Gasteiger partial charge in [-0.3, -0.25) is 0 Å². The Bertz CT molecular complexity index is 48.1. The van der Waals surface area contributed by atoms with E-state index in [0.717, 1.165) is 0 Å². The Morgan fingerprint density at radius 1 is 2.00 bits per heavy atom. The Morgan fingerprint density at radius 2 is 2.60 bits per heavy atom. The third-order valence-electron chi connectivity index (χ3n) is 0.112. The molecule has 0 bridgehead atoms. The van der Waals surface area contributed by atoms with E-state index in [1.54, 1.807) is 0 Å². The monoisotopic (exact) mass is 184 g/mol. The van der Waals surface area contributed by atoms with Crippen molar-refractivity contribution in [2.75, 3.05) is 7.11 Å². The van der Waals surface area contributed by atoms with Crippen molar-refractivity contribution in [2.45, 2.75) is 0 Å². The van der Waals surface area contributed by atoms with Crippen molar-refractivity contribution in [3.63, 3.8) is 0 Å². The SMILES string of the molecule is CO[I-]C#N. The second-order valence-corrected chi connectivity index (χ2v) is 2.12. The summed E-state index contributed by atoms with van der Waals surface area (Å²) < 4.78 is 6.34. The molecule has 0 atom stereocenters. The van der Waals surface area contributed by atoms with Gasteiger partial charge in [0.25, 0.3) is 0 Å². The zero-order valence-corrected chi connectivity index (χ0v) is 4.89. The van der Waals surface area contributed by atoms with Gasteiger partial charge in [0.05, 0.1) is 0 Å². The molecule has 3 heteroatoms. The molecule has 0 heterocycles. The van der Waals surface area contributed by atoms with Gasteiger partial charge in [0, 0.05) is 0 Å². The molecule has 0 amide bonds. The Balaban J connectivity index is 2.48. The van der Waals surface area contributed by atoms with Crippen LogP contribution in [-0.2, 0) is 3.07 Å². The third-order valence-corrected chi connectivity index (χ3v) is 0.749. The summed E-state index contributed by atoms with van der Waals surface area (Å²) in [6.45, 7) is 0. The second kappa shape index (κ2) is 4.18. The van der Waals surface area contributed by atoms with Gasteiger partial charge in [-0.15, -0.1) is 0 Å². The van der Waals surface area contributed by atoms with E-state index < -0.39 is 21.6 Å². The number of hydrogen-bond donors (Lipinski definition) is 0. The van der Waals surface area contributed by atoms with Crippen LogP contribution in [0.15, 0.2) is 0 Å². The van der Waals surface area contributed by atoms with Gasteiger partial charge in [-0.1, -0.05) is 0 Å². The fourth-order valence-electron chi connectivity index (χ4n) is 0.0345. The van der Waals surface area contributed by atoms with E-state index in [9.17, 15) is 0 Å². The standard InChI is InChI=1S/C2H3INO/c1-5-3-2-4/h1H3/q-1. The molecule has 0 saturated carbocycles. The first-order valence-corrected chi connectivity index (χ1v) is 2.93. The topological polar surface area (TPSA) is 33.0 Å². The van der Waals surface area contributed by atoms with Crippen molar-refractivity contribution in [2.24, 2.45) is 0 Å². The average Bonchev–Trinajstić information content (AvgIpc) is 1.41. The van der Waals surface area contributed by atoms with Crippen LogP contribution >= 0.6 is 0 Å². The van der Waals surface area contributed by atoms with Gasteiger partial charge in [-0.2, -0.15) is 0 Å². The summed E-state index contributed by atoms with van der Waals surface area (Å²) in [7, 11) is 1.54. The number of nitriles is 1. The quantitative estimate of drug-likeness (QED) is 0.410. The van der Waals surface area contributed by atoms with E-state index in [2.05, 4.69) is 3.07 Å². The number of halogens is 1. The molecule has 2 nitrogen and oxygen atoms in total. The molecule has 0 saturated heterocycles. The number of rotatable bonds is 1. The molecule has 0 rings (SSSR count). The summed E-state index contributed by atoms with van der Waals surface area (Å²) in [6.07, 6.45) is 0. The molecule has 0 radical (unpaired) electrons. The van der Waals surface area contributed by atoms with Crippen LogP contribution in [0.3, 0.4) is 0 Å². The van der Waals surface area contributed by atoms with E-state index >= 15 is 0 Å². The van der Waals surface area contributed by atoms with Crippen molar-refractivity contribution < 1.29 is 24.7 Å². The average molecular weight is 184 g/mol. The van der Waals surface area contributed by atoms with Crippen molar-refractivity contribution in [1.29, 1.82) is 5.26 Å². The fraction of sp³-hybridized carbons (Fsp3) is 0.500. The number of nitrogens with zero attached hydrogens (tertiary/aromatic N) is 1. The predicted molar refractivity (Wildman–Crippen MR) is 12.6 cm³/mol.